The summed E-state index contributed by atoms with van der Waals surface area (Å²) in [4.78, 5) is 0. The van der Waals surface area contributed by atoms with Crippen LogP contribution in [0, 0.1) is 0 Å². The summed E-state index contributed by atoms with van der Waals surface area (Å²) >= 11 is 0. The van der Waals surface area contributed by atoms with E-state index in [1.165, 1.54) is 32.1 Å². The molecule has 1 unspecified atom stereocenters. The second-order valence-corrected chi connectivity index (χ2v) is 4.32. The highest BCUT2D eigenvalue weighted by atomic mass is 16.5. The quantitative estimate of drug-likeness (QED) is 0.534. The van der Waals surface area contributed by atoms with Gasteiger partial charge < -0.3 is 10.1 Å². The fourth-order valence-corrected chi connectivity index (χ4v) is 1.49. The molecule has 2 nitrogen and oxygen atoms in total. The summed E-state index contributed by atoms with van der Waals surface area (Å²) in [5.41, 5.74) is 0. The summed E-state index contributed by atoms with van der Waals surface area (Å²) in [6.45, 7) is 9.64. The van der Waals surface area contributed by atoms with Crippen LogP contribution in [0.15, 0.2) is 0 Å². The third-order valence-electron chi connectivity index (χ3n) is 2.58. The predicted octanol–water partition coefficient (Wildman–Crippen LogP) is 3.36. The van der Waals surface area contributed by atoms with E-state index in [2.05, 4.69) is 26.1 Å². The topological polar surface area (TPSA) is 21.3 Å². The van der Waals surface area contributed by atoms with Gasteiger partial charge in [0.2, 0.25) is 0 Å². The average molecular weight is 215 g/mol. The molecule has 0 amide bonds. The minimum atomic E-state index is 0.598. The largest absolute Gasteiger partial charge is 0.381 e. The Labute approximate surface area is 95.8 Å². The van der Waals surface area contributed by atoms with Crippen LogP contribution < -0.4 is 5.32 Å². The number of ether oxygens (including phenoxy) is 1. The molecule has 0 aromatic carbocycles. The van der Waals surface area contributed by atoms with E-state index >= 15 is 0 Å². The van der Waals surface area contributed by atoms with E-state index in [0.717, 1.165) is 26.2 Å². The molecule has 15 heavy (non-hydrogen) atoms. The molecule has 1 atom stereocenters. The van der Waals surface area contributed by atoms with Crippen molar-refractivity contribution in [1.82, 2.24) is 5.32 Å². The zero-order valence-corrected chi connectivity index (χ0v) is 10.8. The maximum absolute atomic E-state index is 5.59. The van der Waals surface area contributed by atoms with Crippen LogP contribution in [0.25, 0.3) is 0 Å². The fourth-order valence-electron chi connectivity index (χ4n) is 1.49. The summed E-state index contributed by atoms with van der Waals surface area (Å²) in [6, 6.07) is 0.598. The first-order chi connectivity index (χ1) is 7.31. The van der Waals surface area contributed by atoms with Crippen molar-refractivity contribution in [2.45, 2.75) is 65.3 Å². The van der Waals surface area contributed by atoms with Gasteiger partial charge in [-0.25, -0.2) is 0 Å². The Kier molecular flexibility index (Phi) is 11.9. The molecule has 0 aromatic heterocycles. The molecule has 0 aliphatic rings. The molecule has 0 aliphatic carbocycles. The second-order valence-electron chi connectivity index (χ2n) is 4.32. The second kappa shape index (κ2) is 12.0. The normalized spacial score (nSPS) is 13.0. The van der Waals surface area contributed by atoms with Gasteiger partial charge in [0.05, 0.1) is 0 Å². The van der Waals surface area contributed by atoms with Crippen molar-refractivity contribution in [1.29, 1.82) is 0 Å². The number of hydrogen-bond acceptors (Lipinski definition) is 2. The molecule has 0 rings (SSSR count). The van der Waals surface area contributed by atoms with E-state index < -0.39 is 0 Å². The SMILES string of the molecule is CCCCCCOCCC(C)NCCC. The number of unbranched alkanes of at least 4 members (excludes halogenated alkanes) is 3. The zero-order valence-electron chi connectivity index (χ0n) is 10.8. The van der Waals surface area contributed by atoms with Gasteiger partial charge in [0.25, 0.3) is 0 Å². The van der Waals surface area contributed by atoms with Crippen molar-refractivity contribution in [3.05, 3.63) is 0 Å². The zero-order chi connectivity index (χ0) is 11.4. The van der Waals surface area contributed by atoms with Crippen molar-refractivity contribution in [2.24, 2.45) is 0 Å². The molecule has 2 heteroatoms. The van der Waals surface area contributed by atoms with E-state index in [9.17, 15) is 0 Å². The Morgan fingerprint density at radius 3 is 2.47 bits per heavy atom. The smallest absolute Gasteiger partial charge is 0.0480 e. The van der Waals surface area contributed by atoms with Gasteiger partial charge in [-0.2, -0.15) is 0 Å². The predicted molar refractivity (Wildman–Crippen MR) is 67.3 cm³/mol. The lowest BCUT2D eigenvalue weighted by Crippen LogP contribution is -2.27. The Morgan fingerprint density at radius 2 is 1.80 bits per heavy atom. The van der Waals surface area contributed by atoms with Crippen molar-refractivity contribution < 1.29 is 4.74 Å². The summed E-state index contributed by atoms with van der Waals surface area (Å²) in [5.74, 6) is 0. The highest BCUT2D eigenvalue weighted by Crippen LogP contribution is 1.99. The molecular formula is C13H29NO. The van der Waals surface area contributed by atoms with Crippen molar-refractivity contribution in [3.63, 3.8) is 0 Å². The molecule has 0 saturated carbocycles. The van der Waals surface area contributed by atoms with Gasteiger partial charge in [-0.15, -0.1) is 0 Å². The molecule has 1 N–H and O–H groups in total. The molecule has 0 radical (unpaired) electrons. The maximum Gasteiger partial charge on any atom is 0.0480 e. The average Bonchev–Trinajstić information content (AvgIpc) is 2.25. The van der Waals surface area contributed by atoms with Crippen LogP contribution in [-0.2, 0) is 4.74 Å². The van der Waals surface area contributed by atoms with Gasteiger partial charge in [0.15, 0.2) is 0 Å². The van der Waals surface area contributed by atoms with E-state index in [-0.39, 0.29) is 0 Å². The monoisotopic (exact) mass is 215 g/mol. The minimum absolute atomic E-state index is 0.598. The molecule has 0 aromatic rings. The highest BCUT2D eigenvalue weighted by Gasteiger charge is 1.99. The molecule has 0 heterocycles. The maximum atomic E-state index is 5.59. The van der Waals surface area contributed by atoms with Gasteiger partial charge in [0.1, 0.15) is 0 Å². The summed E-state index contributed by atoms with van der Waals surface area (Å²) in [5, 5.41) is 3.46. The van der Waals surface area contributed by atoms with E-state index in [1.807, 2.05) is 0 Å². The van der Waals surface area contributed by atoms with Crippen LogP contribution >= 0.6 is 0 Å². The molecule has 92 valence electrons. The number of hydrogen-bond donors (Lipinski definition) is 1. The first-order valence-electron chi connectivity index (χ1n) is 6.62. The van der Waals surface area contributed by atoms with Crippen LogP contribution in [-0.4, -0.2) is 25.8 Å². The number of nitrogens with one attached hydrogen (secondary N) is 1. The molecule has 0 fully saturated rings. The lowest BCUT2D eigenvalue weighted by atomic mass is 10.2. The summed E-state index contributed by atoms with van der Waals surface area (Å²) < 4.78 is 5.59. The minimum Gasteiger partial charge on any atom is -0.381 e. The lowest BCUT2D eigenvalue weighted by Gasteiger charge is -2.12. The molecular weight excluding hydrogens is 186 g/mol. The van der Waals surface area contributed by atoms with Crippen LogP contribution in [0.5, 0.6) is 0 Å². The first-order valence-corrected chi connectivity index (χ1v) is 6.62. The first kappa shape index (κ1) is 14.9. The van der Waals surface area contributed by atoms with E-state index in [0.29, 0.717) is 6.04 Å². The van der Waals surface area contributed by atoms with Crippen molar-refractivity contribution >= 4 is 0 Å². The van der Waals surface area contributed by atoms with Crippen LogP contribution in [0.3, 0.4) is 0 Å². The van der Waals surface area contributed by atoms with E-state index in [1.54, 1.807) is 0 Å². The van der Waals surface area contributed by atoms with Gasteiger partial charge in [-0.05, 0) is 32.7 Å². The third kappa shape index (κ3) is 11.8. The lowest BCUT2D eigenvalue weighted by molar-refractivity contribution is 0.121. The highest BCUT2D eigenvalue weighted by molar-refractivity contribution is 4.58. The van der Waals surface area contributed by atoms with Gasteiger partial charge in [0, 0.05) is 19.3 Å². The Hall–Kier alpha value is -0.0800. The van der Waals surface area contributed by atoms with Crippen LogP contribution in [0.4, 0.5) is 0 Å². The van der Waals surface area contributed by atoms with Gasteiger partial charge >= 0.3 is 0 Å². The molecule has 0 saturated heterocycles. The third-order valence-corrected chi connectivity index (χ3v) is 2.58. The summed E-state index contributed by atoms with van der Waals surface area (Å²) in [7, 11) is 0. The standard InChI is InChI=1S/C13H29NO/c1-4-6-7-8-11-15-12-9-13(3)14-10-5-2/h13-14H,4-12H2,1-3H3. The van der Waals surface area contributed by atoms with E-state index in [4.69, 9.17) is 4.74 Å². The molecule has 0 bridgehead atoms. The van der Waals surface area contributed by atoms with Gasteiger partial charge in [-0.1, -0.05) is 33.1 Å². The van der Waals surface area contributed by atoms with Crippen LogP contribution in [0.1, 0.15) is 59.3 Å². The van der Waals surface area contributed by atoms with Crippen LogP contribution in [0.2, 0.25) is 0 Å². The Bertz CT molecular complexity index is 117. The molecule has 0 aliphatic heterocycles. The van der Waals surface area contributed by atoms with Crippen molar-refractivity contribution in [2.75, 3.05) is 19.8 Å². The number of rotatable bonds is 11. The Balaban J connectivity index is 3.02. The van der Waals surface area contributed by atoms with Gasteiger partial charge in [-0.3, -0.25) is 0 Å². The molecule has 0 spiro atoms. The fraction of sp³-hybridized carbons (Fsp3) is 1.00. The van der Waals surface area contributed by atoms with Crippen molar-refractivity contribution in [3.8, 4) is 0 Å². The summed E-state index contributed by atoms with van der Waals surface area (Å²) in [6.07, 6.45) is 7.54. The Morgan fingerprint density at radius 1 is 1.00 bits per heavy atom.